The molecule has 0 atom stereocenters. The molecule has 0 fully saturated rings. The molecule has 1 nitrogen and oxygen atoms in total. The van der Waals surface area contributed by atoms with E-state index in [0.29, 0.717) is 0 Å². The summed E-state index contributed by atoms with van der Waals surface area (Å²) in [7, 11) is 2.13. The predicted molar refractivity (Wildman–Crippen MR) is 73.9 cm³/mol. The van der Waals surface area contributed by atoms with Gasteiger partial charge in [0.05, 0.1) is 0 Å². The summed E-state index contributed by atoms with van der Waals surface area (Å²) in [6.45, 7) is 1.03. The van der Waals surface area contributed by atoms with Gasteiger partial charge in [0.2, 0.25) is 0 Å². The van der Waals surface area contributed by atoms with E-state index in [-0.39, 0.29) is 18.9 Å². The van der Waals surface area contributed by atoms with Crippen molar-refractivity contribution in [3.8, 4) is 0 Å². The van der Waals surface area contributed by atoms with Crippen LogP contribution in [0.25, 0.3) is 0 Å². The van der Waals surface area contributed by atoms with Gasteiger partial charge in [-0.3, -0.25) is 0 Å². The van der Waals surface area contributed by atoms with E-state index in [0.717, 1.165) is 13.0 Å². The average Bonchev–Trinajstić information content (AvgIpc) is 2.39. The molecule has 88 valence electrons. The van der Waals surface area contributed by atoms with Crippen LogP contribution in [0.15, 0.2) is 59.5 Å². The summed E-state index contributed by atoms with van der Waals surface area (Å²) in [5.74, 6) is 0. The molecule has 0 aliphatic rings. The Morgan fingerprint density at radius 1 is 1.06 bits per heavy atom. The van der Waals surface area contributed by atoms with E-state index >= 15 is 0 Å². The molecule has 2 rings (SSSR count). The first-order chi connectivity index (χ1) is 8.34. The van der Waals surface area contributed by atoms with Gasteiger partial charge in [-0.05, 0) is 37.5 Å². The van der Waals surface area contributed by atoms with E-state index in [2.05, 4.69) is 53.8 Å². The smallest absolute Gasteiger partial charge is 0.249 e. The molecule has 0 aliphatic carbocycles. The van der Waals surface area contributed by atoms with Gasteiger partial charge in [0.25, 0.3) is 0 Å². The Morgan fingerprint density at radius 2 is 1.78 bits per heavy atom. The maximum Gasteiger partial charge on any atom is 1.00 e. The molecule has 2 aromatic rings. The summed E-state index contributed by atoms with van der Waals surface area (Å²) in [4.78, 5) is 1.28. The first kappa shape index (κ1) is 15.4. The molecular weight excluding hydrogens is 233 g/mol. The molecule has 0 amide bonds. The maximum absolute atomic E-state index is 3.25. The first-order valence-corrected chi connectivity index (χ1v) is 6.52. The van der Waals surface area contributed by atoms with E-state index in [1.165, 1.54) is 10.5 Å². The van der Waals surface area contributed by atoms with E-state index < -0.39 is 0 Å². The molecule has 0 spiro atoms. The number of hydrogen-bond donors (Lipinski definition) is 0. The summed E-state index contributed by atoms with van der Waals surface area (Å²) in [5.41, 5.74) is 1.27. The van der Waals surface area contributed by atoms with Crippen molar-refractivity contribution in [2.75, 3.05) is 13.6 Å². The van der Waals surface area contributed by atoms with Crippen LogP contribution >= 0.6 is 11.9 Å². The van der Waals surface area contributed by atoms with Gasteiger partial charge in [-0.15, -0.1) is 0 Å². The average molecular weight is 249 g/mol. The third-order valence-corrected chi connectivity index (χ3v) is 3.45. The summed E-state index contributed by atoms with van der Waals surface area (Å²) in [5, 5.41) is 0. The van der Waals surface area contributed by atoms with Crippen molar-refractivity contribution >= 4 is 11.9 Å². The van der Waals surface area contributed by atoms with Crippen LogP contribution in [0.2, 0.25) is 0 Å². The minimum Gasteiger partial charge on any atom is -0.249 e. The zero-order chi connectivity index (χ0) is 11.9. The Bertz CT molecular complexity index is 433. The van der Waals surface area contributed by atoms with Crippen LogP contribution in [0, 0.1) is 6.07 Å². The number of benzene rings is 2. The van der Waals surface area contributed by atoms with Gasteiger partial charge < -0.3 is 0 Å². The minimum absolute atomic E-state index is 0. The maximum atomic E-state index is 3.25. The Labute approximate surface area is 126 Å². The molecule has 0 radical (unpaired) electrons. The van der Waals surface area contributed by atoms with Gasteiger partial charge >= 0.3 is 18.9 Å². The van der Waals surface area contributed by atoms with Crippen LogP contribution in [0.4, 0.5) is 0 Å². The molecule has 0 heterocycles. The van der Waals surface area contributed by atoms with Gasteiger partial charge in [-0.1, -0.05) is 18.2 Å². The van der Waals surface area contributed by atoms with E-state index in [1.54, 1.807) is 11.9 Å². The fourth-order valence-corrected chi connectivity index (χ4v) is 2.39. The van der Waals surface area contributed by atoms with E-state index in [9.17, 15) is 0 Å². The van der Waals surface area contributed by atoms with Crippen LogP contribution in [0.5, 0.6) is 0 Å². The molecule has 0 N–H and O–H groups in total. The van der Waals surface area contributed by atoms with Crippen molar-refractivity contribution in [2.45, 2.75) is 11.3 Å². The van der Waals surface area contributed by atoms with Crippen LogP contribution in [0.3, 0.4) is 0 Å². The SMILES string of the molecule is CN(CCc1[c-]cccc1)Sc1ccccc1.[Li+]. The van der Waals surface area contributed by atoms with Gasteiger partial charge in [-0.25, -0.2) is 4.31 Å². The zero-order valence-corrected chi connectivity index (χ0v) is 11.8. The van der Waals surface area contributed by atoms with Crippen molar-refractivity contribution in [1.29, 1.82) is 0 Å². The zero-order valence-electron chi connectivity index (χ0n) is 11.0. The van der Waals surface area contributed by atoms with Crippen molar-refractivity contribution < 1.29 is 18.9 Å². The van der Waals surface area contributed by atoms with Crippen molar-refractivity contribution in [1.82, 2.24) is 4.31 Å². The van der Waals surface area contributed by atoms with Gasteiger partial charge in [0.15, 0.2) is 0 Å². The normalized spacial score (nSPS) is 10.1. The van der Waals surface area contributed by atoms with Crippen LogP contribution < -0.4 is 18.9 Å². The third kappa shape index (κ3) is 5.33. The molecule has 18 heavy (non-hydrogen) atoms. The molecule has 0 saturated carbocycles. The van der Waals surface area contributed by atoms with Crippen LogP contribution in [-0.2, 0) is 6.42 Å². The largest absolute Gasteiger partial charge is 1.00 e. The molecule has 0 saturated heterocycles. The van der Waals surface area contributed by atoms with E-state index in [1.807, 2.05) is 18.2 Å². The van der Waals surface area contributed by atoms with Gasteiger partial charge in [-0.2, -0.15) is 35.9 Å². The number of likely N-dealkylation sites (N-methyl/N-ethyl adjacent to an activating group) is 1. The first-order valence-electron chi connectivity index (χ1n) is 5.74. The topological polar surface area (TPSA) is 3.24 Å². The monoisotopic (exact) mass is 249 g/mol. The quantitative estimate of drug-likeness (QED) is 0.435. The van der Waals surface area contributed by atoms with Gasteiger partial charge in [0.1, 0.15) is 0 Å². The number of rotatable bonds is 5. The third-order valence-electron chi connectivity index (χ3n) is 2.47. The standard InChI is InChI=1S/C15H16NS.Li/c1-16(17-15-10-6-3-7-11-15)13-12-14-8-4-2-5-9-14;/h2-8,10-11H,12-13H2,1H3;/q-1;+1. The second kappa shape index (κ2) is 8.45. The Hall–Kier alpha value is -0.653. The van der Waals surface area contributed by atoms with Crippen LogP contribution in [0.1, 0.15) is 5.56 Å². The Balaban J connectivity index is 0.00000162. The summed E-state index contributed by atoms with van der Waals surface area (Å²) in [6.07, 6.45) is 1.04. The fraction of sp³-hybridized carbons (Fsp3) is 0.200. The summed E-state index contributed by atoms with van der Waals surface area (Å²) >= 11 is 1.78. The molecule has 3 heteroatoms. The minimum atomic E-state index is 0. The molecular formula is C15H16LiNS. The summed E-state index contributed by atoms with van der Waals surface area (Å²) in [6, 6.07) is 21.9. The molecule has 0 bridgehead atoms. The van der Waals surface area contributed by atoms with Gasteiger partial charge in [0, 0.05) is 11.4 Å². The van der Waals surface area contributed by atoms with E-state index in [4.69, 9.17) is 0 Å². The number of nitrogens with zero attached hydrogens (tertiary/aromatic N) is 1. The predicted octanol–water partition coefficient (Wildman–Crippen LogP) is 0.672. The van der Waals surface area contributed by atoms with Crippen molar-refractivity contribution in [2.24, 2.45) is 0 Å². The summed E-state index contributed by atoms with van der Waals surface area (Å²) < 4.78 is 2.26. The Kier molecular flexibility index (Phi) is 7.23. The second-order valence-electron chi connectivity index (χ2n) is 3.89. The van der Waals surface area contributed by atoms with Crippen molar-refractivity contribution in [3.05, 3.63) is 66.2 Å². The van der Waals surface area contributed by atoms with Crippen molar-refractivity contribution in [3.63, 3.8) is 0 Å². The molecule has 0 aromatic heterocycles. The number of hydrogen-bond acceptors (Lipinski definition) is 2. The fourth-order valence-electron chi connectivity index (χ4n) is 1.57. The molecule has 0 aliphatic heterocycles. The Morgan fingerprint density at radius 3 is 2.44 bits per heavy atom. The second-order valence-corrected chi connectivity index (χ2v) is 5.17. The molecule has 2 aromatic carbocycles. The molecule has 0 unspecified atom stereocenters. The van der Waals surface area contributed by atoms with Crippen LogP contribution in [-0.4, -0.2) is 17.9 Å².